The first-order chi connectivity index (χ1) is 7.74. The van der Waals surface area contributed by atoms with Gasteiger partial charge in [-0.25, -0.2) is 0 Å². The van der Waals surface area contributed by atoms with Crippen molar-refractivity contribution in [2.75, 3.05) is 32.1 Å². The van der Waals surface area contributed by atoms with Crippen molar-refractivity contribution in [2.24, 2.45) is 5.92 Å². The van der Waals surface area contributed by atoms with Crippen molar-refractivity contribution in [1.29, 1.82) is 0 Å². The standard InChI is InChI=1S/C12H23NO2S/c1-2-16-11-3-5-12(11,14)9-13-7-10-4-6-15-8-10/h10-11,13-14H,2-9H2,1H3. The van der Waals surface area contributed by atoms with E-state index in [9.17, 15) is 5.11 Å². The van der Waals surface area contributed by atoms with E-state index < -0.39 is 5.60 Å². The molecule has 0 aromatic rings. The molecule has 94 valence electrons. The van der Waals surface area contributed by atoms with E-state index in [1.807, 2.05) is 11.8 Å². The summed E-state index contributed by atoms with van der Waals surface area (Å²) in [5.41, 5.74) is -0.444. The fourth-order valence-corrected chi connectivity index (χ4v) is 3.67. The van der Waals surface area contributed by atoms with Crippen molar-refractivity contribution in [3.63, 3.8) is 0 Å². The summed E-state index contributed by atoms with van der Waals surface area (Å²) in [4.78, 5) is 0. The normalized spacial score (nSPS) is 38.6. The second-order valence-corrected chi connectivity index (χ2v) is 6.43. The fourth-order valence-electron chi connectivity index (χ4n) is 2.47. The molecule has 1 aliphatic carbocycles. The summed E-state index contributed by atoms with van der Waals surface area (Å²) in [5.74, 6) is 1.75. The van der Waals surface area contributed by atoms with E-state index in [1.54, 1.807) is 0 Å². The van der Waals surface area contributed by atoms with E-state index in [1.165, 1.54) is 12.8 Å². The first-order valence-corrected chi connectivity index (χ1v) is 7.42. The first kappa shape index (κ1) is 12.7. The molecule has 3 unspecified atom stereocenters. The number of rotatable bonds is 6. The molecule has 2 rings (SSSR count). The molecular formula is C12H23NO2S. The molecule has 16 heavy (non-hydrogen) atoms. The highest BCUT2D eigenvalue weighted by Crippen LogP contribution is 2.40. The van der Waals surface area contributed by atoms with Gasteiger partial charge in [0.2, 0.25) is 0 Å². The van der Waals surface area contributed by atoms with Crippen LogP contribution in [0.4, 0.5) is 0 Å². The monoisotopic (exact) mass is 245 g/mol. The van der Waals surface area contributed by atoms with Crippen LogP contribution in [-0.4, -0.2) is 48.0 Å². The van der Waals surface area contributed by atoms with Gasteiger partial charge in [-0.2, -0.15) is 11.8 Å². The van der Waals surface area contributed by atoms with Crippen LogP contribution in [0.3, 0.4) is 0 Å². The summed E-state index contributed by atoms with van der Waals surface area (Å²) in [6, 6.07) is 0. The molecule has 2 aliphatic rings. The third kappa shape index (κ3) is 2.92. The Morgan fingerprint density at radius 3 is 2.94 bits per heavy atom. The molecule has 1 saturated carbocycles. The number of hydrogen-bond acceptors (Lipinski definition) is 4. The summed E-state index contributed by atoms with van der Waals surface area (Å²) in [7, 11) is 0. The SMILES string of the molecule is CCSC1CCC1(O)CNCC1CCOC1. The Morgan fingerprint density at radius 2 is 2.38 bits per heavy atom. The molecule has 3 atom stereocenters. The average Bonchev–Trinajstić information content (AvgIpc) is 2.77. The molecule has 2 fully saturated rings. The molecule has 0 spiro atoms. The van der Waals surface area contributed by atoms with Gasteiger partial charge >= 0.3 is 0 Å². The minimum atomic E-state index is -0.444. The predicted octanol–water partition coefficient (Wildman–Crippen LogP) is 1.26. The molecule has 4 heteroatoms. The maximum Gasteiger partial charge on any atom is 0.0889 e. The van der Waals surface area contributed by atoms with E-state index >= 15 is 0 Å². The summed E-state index contributed by atoms with van der Waals surface area (Å²) in [6.07, 6.45) is 3.29. The Balaban J connectivity index is 1.64. The van der Waals surface area contributed by atoms with Gasteiger partial charge in [-0.3, -0.25) is 0 Å². The van der Waals surface area contributed by atoms with Crippen molar-refractivity contribution < 1.29 is 9.84 Å². The van der Waals surface area contributed by atoms with Crippen LogP contribution in [0.1, 0.15) is 26.2 Å². The van der Waals surface area contributed by atoms with Crippen LogP contribution in [-0.2, 0) is 4.74 Å². The van der Waals surface area contributed by atoms with E-state index in [0.29, 0.717) is 11.2 Å². The van der Waals surface area contributed by atoms with Crippen molar-refractivity contribution in [2.45, 2.75) is 37.0 Å². The van der Waals surface area contributed by atoms with Gasteiger partial charge in [-0.05, 0) is 30.9 Å². The number of thioether (sulfide) groups is 1. The van der Waals surface area contributed by atoms with Gasteiger partial charge in [-0.15, -0.1) is 0 Å². The number of ether oxygens (including phenoxy) is 1. The number of aliphatic hydroxyl groups is 1. The van der Waals surface area contributed by atoms with Gasteiger partial charge in [0.15, 0.2) is 0 Å². The first-order valence-electron chi connectivity index (χ1n) is 6.37. The molecule has 0 bridgehead atoms. The summed E-state index contributed by atoms with van der Waals surface area (Å²) < 4.78 is 5.33. The second-order valence-electron chi connectivity index (χ2n) is 4.95. The zero-order valence-electron chi connectivity index (χ0n) is 10.1. The van der Waals surface area contributed by atoms with Crippen LogP contribution >= 0.6 is 11.8 Å². The molecule has 0 radical (unpaired) electrons. The largest absolute Gasteiger partial charge is 0.387 e. The van der Waals surface area contributed by atoms with E-state index in [4.69, 9.17) is 4.74 Å². The maximum absolute atomic E-state index is 10.4. The molecule has 1 heterocycles. The van der Waals surface area contributed by atoms with Crippen LogP contribution in [0.5, 0.6) is 0 Å². The van der Waals surface area contributed by atoms with Crippen molar-refractivity contribution in [3.05, 3.63) is 0 Å². The second kappa shape index (κ2) is 5.71. The molecule has 1 saturated heterocycles. The predicted molar refractivity (Wildman–Crippen MR) is 67.9 cm³/mol. The van der Waals surface area contributed by atoms with Gasteiger partial charge in [0.25, 0.3) is 0 Å². The summed E-state index contributed by atoms with van der Waals surface area (Å²) in [6.45, 7) is 5.70. The Bertz CT molecular complexity index is 221. The third-order valence-corrected chi connectivity index (χ3v) is 5.10. The highest BCUT2D eigenvalue weighted by Gasteiger charge is 2.44. The molecular weight excluding hydrogens is 222 g/mol. The van der Waals surface area contributed by atoms with Crippen molar-refractivity contribution >= 4 is 11.8 Å². The van der Waals surface area contributed by atoms with Gasteiger partial charge < -0.3 is 15.2 Å². The van der Waals surface area contributed by atoms with Crippen LogP contribution in [0.15, 0.2) is 0 Å². The smallest absolute Gasteiger partial charge is 0.0889 e. The summed E-state index contributed by atoms with van der Waals surface area (Å²) in [5, 5.41) is 14.2. The molecule has 0 aromatic heterocycles. The highest BCUT2D eigenvalue weighted by atomic mass is 32.2. The lowest BCUT2D eigenvalue weighted by Crippen LogP contribution is -2.56. The number of nitrogens with one attached hydrogen (secondary N) is 1. The lowest BCUT2D eigenvalue weighted by atomic mass is 9.79. The van der Waals surface area contributed by atoms with Crippen LogP contribution in [0, 0.1) is 5.92 Å². The minimum absolute atomic E-state index is 0.444. The molecule has 1 aliphatic heterocycles. The van der Waals surface area contributed by atoms with Crippen LogP contribution in [0.25, 0.3) is 0 Å². The van der Waals surface area contributed by atoms with Crippen molar-refractivity contribution in [1.82, 2.24) is 5.32 Å². The molecule has 3 nitrogen and oxygen atoms in total. The molecule has 0 aromatic carbocycles. The Labute approximate surface area is 102 Å². The molecule has 2 N–H and O–H groups in total. The average molecular weight is 245 g/mol. The topological polar surface area (TPSA) is 41.5 Å². The van der Waals surface area contributed by atoms with Crippen molar-refractivity contribution in [3.8, 4) is 0 Å². The lowest BCUT2D eigenvalue weighted by molar-refractivity contribution is -0.0237. The highest BCUT2D eigenvalue weighted by molar-refractivity contribution is 8.00. The van der Waals surface area contributed by atoms with Gasteiger partial charge in [0, 0.05) is 24.9 Å². The van der Waals surface area contributed by atoms with E-state index in [2.05, 4.69) is 12.2 Å². The van der Waals surface area contributed by atoms with E-state index in [0.717, 1.165) is 38.5 Å². The lowest BCUT2D eigenvalue weighted by Gasteiger charge is -2.45. The Kier molecular flexibility index (Phi) is 4.53. The quantitative estimate of drug-likeness (QED) is 0.739. The minimum Gasteiger partial charge on any atom is -0.387 e. The van der Waals surface area contributed by atoms with Gasteiger partial charge in [-0.1, -0.05) is 6.92 Å². The third-order valence-electron chi connectivity index (χ3n) is 3.69. The Morgan fingerprint density at radius 1 is 1.50 bits per heavy atom. The zero-order chi connectivity index (χ0) is 11.4. The maximum atomic E-state index is 10.4. The van der Waals surface area contributed by atoms with Gasteiger partial charge in [0.05, 0.1) is 12.2 Å². The van der Waals surface area contributed by atoms with E-state index in [-0.39, 0.29) is 0 Å². The zero-order valence-corrected chi connectivity index (χ0v) is 10.9. The molecule has 0 amide bonds. The van der Waals surface area contributed by atoms with Crippen LogP contribution in [0.2, 0.25) is 0 Å². The van der Waals surface area contributed by atoms with Crippen LogP contribution < -0.4 is 5.32 Å². The summed E-state index contributed by atoms with van der Waals surface area (Å²) >= 11 is 1.89. The number of hydrogen-bond donors (Lipinski definition) is 2. The fraction of sp³-hybridized carbons (Fsp3) is 1.00. The van der Waals surface area contributed by atoms with Gasteiger partial charge in [0.1, 0.15) is 0 Å². The Hall–Kier alpha value is 0.230.